The highest BCUT2D eigenvalue weighted by Crippen LogP contribution is 2.46. The SMILES string of the molecule is Cn1cnnc1[C@@H]1CCNC2(CC2)C1. The molecule has 0 radical (unpaired) electrons. The van der Waals surface area contributed by atoms with Crippen molar-refractivity contribution in [3.63, 3.8) is 0 Å². The van der Waals surface area contributed by atoms with Crippen LogP contribution in [0.25, 0.3) is 0 Å². The lowest BCUT2D eigenvalue weighted by molar-refractivity contribution is 0.333. The van der Waals surface area contributed by atoms with Crippen molar-refractivity contribution in [2.45, 2.75) is 37.1 Å². The summed E-state index contributed by atoms with van der Waals surface area (Å²) in [6, 6.07) is 0. The molecule has 0 unspecified atom stereocenters. The number of rotatable bonds is 1. The van der Waals surface area contributed by atoms with Gasteiger partial charge >= 0.3 is 0 Å². The zero-order chi connectivity index (χ0) is 9.60. The zero-order valence-electron chi connectivity index (χ0n) is 8.53. The van der Waals surface area contributed by atoms with Gasteiger partial charge in [-0.1, -0.05) is 0 Å². The molecular weight excluding hydrogens is 176 g/mol. The highest BCUT2D eigenvalue weighted by atomic mass is 15.3. The van der Waals surface area contributed by atoms with Crippen LogP contribution in [-0.4, -0.2) is 26.8 Å². The Balaban J connectivity index is 1.82. The predicted molar refractivity (Wildman–Crippen MR) is 52.9 cm³/mol. The zero-order valence-corrected chi connectivity index (χ0v) is 8.53. The minimum absolute atomic E-state index is 0.481. The van der Waals surface area contributed by atoms with E-state index in [4.69, 9.17) is 0 Å². The lowest BCUT2D eigenvalue weighted by Crippen LogP contribution is -2.39. The molecule has 1 aromatic heterocycles. The fourth-order valence-corrected chi connectivity index (χ4v) is 2.57. The normalized spacial score (nSPS) is 29.4. The Hall–Kier alpha value is -0.900. The lowest BCUT2D eigenvalue weighted by atomic mass is 9.90. The highest BCUT2D eigenvalue weighted by Gasteiger charge is 2.46. The minimum atomic E-state index is 0.481. The van der Waals surface area contributed by atoms with Gasteiger partial charge in [-0.3, -0.25) is 0 Å². The first kappa shape index (κ1) is 8.41. The maximum atomic E-state index is 4.22. The molecule has 0 bridgehead atoms. The van der Waals surface area contributed by atoms with Crippen molar-refractivity contribution < 1.29 is 0 Å². The molecule has 3 rings (SSSR count). The molecule has 2 heterocycles. The van der Waals surface area contributed by atoms with Crippen molar-refractivity contribution >= 4 is 0 Å². The average molecular weight is 192 g/mol. The summed E-state index contributed by atoms with van der Waals surface area (Å²) in [7, 11) is 2.04. The summed E-state index contributed by atoms with van der Waals surface area (Å²) in [4.78, 5) is 0. The summed E-state index contributed by atoms with van der Waals surface area (Å²) in [6.45, 7) is 1.14. The smallest absolute Gasteiger partial charge is 0.135 e. The Bertz CT molecular complexity index is 340. The second-order valence-electron chi connectivity index (χ2n) is 4.70. The Morgan fingerprint density at radius 2 is 2.43 bits per heavy atom. The molecule has 2 fully saturated rings. The number of aromatic nitrogens is 3. The summed E-state index contributed by atoms with van der Waals surface area (Å²) in [5.41, 5.74) is 0.481. The fourth-order valence-electron chi connectivity index (χ4n) is 2.57. The molecule has 1 saturated heterocycles. The predicted octanol–water partition coefficient (Wildman–Crippen LogP) is 0.815. The Kier molecular flexibility index (Phi) is 1.68. The van der Waals surface area contributed by atoms with Crippen molar-refractivity contribution in [1.82, 2.24) is 20.1 Å². The van der Waals surface area contributed by atoms with Gasteiger partial charge < -0.3 is 9.88 Å². The van der Waals surface area contributed by atoms with Gasteiger partial charge in [0.15, 0.2) is 0 Å². The van der Waals surface area contributed by atoms with Crippen molar-refractivity contribution in [3.8, 4) is 0 Å². The summed E-state index contributed by atoms with van der Waals surface area (Å²) in [6.07, 6.45) is 6.95. The molecule has 0 amide bonds. The van der Waals surface area contributed by atoms with Crippen LogP contribution in [0.1, 0.15) is 37.4 Å². The number of hydrogen-bond acceptors (Lipinski definition) is 3. The van der Waals surface area contributed by atoms with Crippen molar-refractivity contribution in [1.29, 1.82) is 0 Å². The first-order valence-electron chi connectivity index (χ1n) is 5.38. The van der Waals surface area contributed by atoms with Crippen LogP contribution in [0, 0.1) is 0 Å². The minimum Gasteiger partial charge on any atom is -0.320 e. The molecular formula is C10H16N4. The van der Waals surface area contributed by atoms with E-state index in [1.807, 2.05) is 7.05 Å². The molecule has 1 atom stereocenters. The van der Waals surface area contributed by atoms with Gasteiger partial charge in [-0.2, -0.15) is 0 Å². The Labute approximate surface area is 83.7 Å². The van der Waals surface area contributed by atoms with E-state index in [0.717, 1.165) is 12.4 Å². The van der Waals surface area contributed by atoms with Gasteiger partial charge in [-0.25, -0.2) is 0 Å². The molecule has 1 N–H and O–H groups in total. The van der Waals surface area contributed by atoms with Gasteiger partial charge in [0.2, 0.25) is 0 Å². The first-order chi connectivity index (χ1) is 6.79. The molecule has 0 aromatic carbocycles. The molecule has 1 spiro atoms. The van der Waals surface area contributed by atoms with Crippen LogP contribution in [-0.2, 0) is 7.05 Å². The standard InChI is InChI=1S/C10H16N4/c1-14-7-12-13-9(14)8-2-5-11-10(6-8)3-4-10/h7-8,11H,2-6H2,1H3/t8-/m1/s1. The van der Waals surface area contributed by atoms with Crippen LogP contribution in [0.5, 0.6) is 0 Å². The third-order valence-corrected chi connectivity index (χ3v) is 3.60. The van der Waals surface area contributed by atoms with Gasteiger partial charge in [0, 0.05) is 18.5 Å². The maximum absolute atomic E-state index is 4.22. The number of aryl methyl sites for hydroxylation is 1. The van der Waals surface area contributed by atoms with E-state index in [1.165, 1.54) is 25.7 Å². The summed E-state index contributed by atoms with van der Waals surface area (Å²) >= 11 is 0. The molecule has 1 saturated carbocycles. The van der Waals surface area contributed by atoms with Gasteiger partial charge in [-0.05, 0) is 32.2 Å². The van der Waals surface area contributed by atoms with Crippen LogP contribution in [0.15, 0.2) is 6.33 Å². The monoisotopic (exact) mass is 192 g/mol. The topological polar surface area (TPSA) is 42.7 Å². The van der Waals surface area contributed by atoms with Crippen molar-refractivity contribution in [2.75, 3.05) is 6.54 Å². The van der Waals surface area contributed by atoms with Crippen molar-refractivity contribution in [3.05, 3.63) is 12.2 Å². The largest absolute Gasteiger partial charge is 0.320 e. The third-order valence-electron chi connectivity index (χ3n) is 3.60. The molecule has 1 aliphatic heterocycles. The van der Waals surface area contributed by atoms with Crippen LogP contribution in [0.4, 0.5) is 0 Å². The Morgan fingerprint density at radius 1 is 1.57 bits per heavy atom. The molecule has 4 nitrogen and oxygen atoms in total. The summed E-state index contributed by atoms with van der Waals surface area (Å²) in [5, 5.41) is 11.8. The van der Waals surface area contributed by atoms with Crippen LogP contribution < -0.4 is 5.32 Å². The van der Waals surface area contributed by atoms with E-state index in [0.29, 0.717) is 11.5 Å². The maximum Gasteiger partial charge on any atom is 0.135 e. The van der Waals surface area contributed by atoms with Gasteiger partial charge in [-0.15, -0.1) is 10.2 Å². The van der Waals surface area contributed by atoms with Gasteiger partial charge in [0.1, 0.15) is 12.2 Å². The van der Waals surface area contributed by atoms with Gasteiger partial charge in [0.25, 0.3) is 0 Å². The van der Waals surface area contributed by atoms with E-state index in [9.17, 15) is 0 Å². The third kappa shape index (κ3) is 1.25. The fraction of sp³-hybridized carbons (Fsp3) is 0.800. The molecule has 4 heteroatoms. The first-order valence-corrected chi connectivity index (χ1v) is 5.38. The van der Waals surface area contributed by atoms with E-state index in [1.54, 1.807) is 6.33 Å². The molecule has 1 aliphatic carbocycles. The van der Waals surface area contributed by atoms with E-state index in [-0.39, 0.29) is 0 Å². The quantitative estimate of drug-likeness (QED) is 0.716. The number of nitrogens with one attached hydrogen (secondary N) is 1. The second-order valence-corrected chi connectivity index (χ2v) is 4.70. The second kappa shape index (κ2) is 2.79. The van der Waals surface area contributed by atoms with Crippen LogP contribution in [0.2, 0.25) is 0 Å². The van der Waals surface area contributed by atoms with E-state index in [2.05, 4.69) is 20.1 Å². The van der Waals surface area contributed by atoms with Crippen LogP contribution >= 0.6 is 0 Å². The molecule has 2 aliphatic rings. The van der Waals surface area contributed by atoms with Crippen LogP contribution in [0.3, 0.4) is 0 Å². The summed E-state index contributed by atoms with van der Waals surface area (Å²) in [5.74, 6) is 1.78. The highest BCUT2D eigenvalue weighted by molar-refractivity contribution is 5.11. The number of hydrogen-bond donors (Lipinski definition) is 1. The Morgan fingerprint density at radius 3 is 3.07 bits per heavy atom. The average Bonchev–Trinajstić information content (AvgIpc) is 2.78. The number of piperidine rings is 1. The molecule has 76 valence electrons. The van der Waals surface area contributed by atoms with E-state index < -0.39 is 0 Å². The van der Waals surface area contributed by atoms with E-state index >= 15 is 0 Å². The molecule has 1 aromatic rings. The molecule has 14 heavy (non-hydrogen) atoms. The van der Waals surface area contributed by atoms with Gasteiger partial charge in [0.05, 0.1) is 0 Å². The summed E-state index contributed by atoms with van der Waals surface area (Å²) < 4.78 is 2.06. The lowest BCUT2D eigenvalue weighted by Gasteiger charge is -2.29. The van der Waals surface area contributed by atoms with Crippen molar-refractivity contribution in [2.24, 2.45) is 7.05 Å². The number of nitrogens with zero attached hydrogens (tertiary/aromatic N) is 3.